The molecular formula is AlMnNNiO11S2+2. The van der Waals surface area contributed by atoms with Crippen LogP contribution in [0.1, 0.15) is 0 Å². The Hall–Kier alpha value is 0.485. The molecule has 1 radical (unpaired) electrons. The van der Waals surface area contributed by atoms with E-state index in [-0.39, 0.29) is 50.9 Å². The van der Waals surface area contributed by atoms with Crippen molar-refractivity contribution < 1.29 is 73.7 Å². The minimum atomic E-state index is -5.17. The van der Waals surface area contributed by atoms with Crippen LogP contribution in [-0.4, -0.2) is 57.5 Å². The quantitative estimate of drug-likeness (QED) is 0.130. The van der Waals surface area contributed by atoms with Gasteiger partial charge in [0.1, 0.15) is 0 Å². The molecule has 0 aromatic heterocycles. The van der Waals surface area contributed by atoms with E-state index in [2.05, 4.69) is 0 Å². The Balaban J connectivity index is -0.0000000247. The van der Waals surface area contributed by atoms with Crippen LogP contribution in [0.5, 0.6) is 0 Å². The first-order valence-electron chi connectivity index (χ1n) is 1.88. The molecule has 101 valence electrons. The van der Waals surface area contributed by atoms with E-state index in [9.17, 15) is 0 Å². The van der Waals surface area contributed by atoms with Crippen LogP contribution in [0.25, 0.3) is 0 Å². The maximum atomic E-state index is 8.52. The maximum absolute atomic E-state index is 8.52. The van der Waals surface area contributed by atoms with E-state index in [1.807, 2.05) is 0 Å². The summed E-state index contributed by atoms with van der Waals surface area (Å²) in [5, 5.41) is 14.8. The monoisotopic (exact) mass is 394 g/mol. The third-order valence-corrected chi connectivity index (χ3v) is 0. The van der Waals surface area contributed by atoms with Gasteiger partial charge in [-0.15, -0.1) is 0 Å². The predicted molar refractivity (Wildman–Crippen MR) is 37.1 cm³/mol. The van der Waals surface area contributed by atoms with E-state index in [1.54, 1.807) is 0 Å². The fourth-order valence-electron chi connectivity index (χ4n) is 0. The van der Waals surface area contributed by atoms with Crippen molar-refractivity contribution >= 4 is 38.2 Å². The van der Waals surface area contributed by atoms with Gasteiger partial charge < -0.3 is 33.5 Å². The van der Waals surface area contributed by atoms with Gasteiger partial charge >= 0.3 is 50.9 Å². The van der Waals surface area contributed by atoms with Gasteiger partial charge in [0.05, 0.1) is 5.09 Å². The molecule has 0 unspecified atom stereocenters. The Morgan fingerprint density at radius 3 is 0.765 bits per heavy atom. The third-order valence-electron chi connectivity index (χ3n) is 0. The van der Waals surface area contributed by atoms with Crippen molar-refractivity contribution in [1.29, 1.82) is 0 Å². The van der Waals surface area contributed by atoms with Crippen molar-refractivity contribution in [1.82, 2.24) is 0 Å². The Morgan fingerprint density at radius 1 is 0.765 bits per heavy atom. The van der Waals surface area contributed by atoms with Crippen molar-refractivity contribution in [3.05, 3.63) is 15.3 Å². The molecule has 12 nitrogen and oxygen atoms in total. The van der Waals surface area contributed by atoms with Crippen LogP contribution < -0.4 is 0 Å². The largest absolute Gasteiger partial charge is 3.00 e. The SMILES string of the molecule is O=S(=O)([O-])[O-].O=S(=O)([O-])[O-].O=[N+]([O-])[O-].[Al+3].[Mn+2].[Ni+2]. The molecule has 0 N–H and O–H groups in total. The molecule has 0 heterocycles. The Labute approximate surface area is 127 Å². The minimum absolute atomic E-state index is 0. The molecule has 0 aliphatic carbocycles. The standard InChI is InChI=1S/Al.Mn.NO3.Ni.2H2O4S/c;;2-1(3)4;;2*1-5(2,3)4/h;;;;2*(H2,1,2,3,4)/q+3;+2;-1;+2;;/p-4. The molecule has 17 heteroatoms. The molecular weight excluding hydrogens is 395 g/mol. The fraction of sp³-hybridized carbons (Fsp3) is 0. The Morgan fingerprint density at radius 2 is 0.765 bits per heavy atom. The van der Waals surface area contributed by atoms with Crippen LogP contribution in [0.2, 0.25) is 0 Å². The average molecular weight is 395 g/mol. The summed E-state index contributed by atoms with van der Waals surface area (Å²) in [5.41, 5.74) is 0. The summed E-state index contributed by atoms with van der Waals surface area (Å²) in [6.07, 6.45) is 0. The van der Waals surface area contributed by atoms with Gasteiger partial charge in [-0.1, -0.05) is 0 Å². The topological polar surface area (TPSA) is 227 Å². The molecule has 0 rings (SSSR count). The van der Waals surface area contributed by atoms with Crippen molar-refractivity contribution in [3.63, 3.8) is 0 Å². The van der Waals surface area contributed by atoms with Crippen LogP contribution in [-0.2, 0) is 54.4 Å². The Kier molecular flexibility index (Phi) is 34.9. The molecule has 0 aliphatic rings. The van der Waals surface area contributed by atoms with E-state index in [4.69, 9.17) is 50.4 Å². The van der Waals surface area contributed by atoms with Crippen LogP contribution in [0.4, 0.5) is 0 Å². The molecule has 17 heavy (non-hydrogen) atoms. The summed E-state index contributed by atoms with van der Waals surface area (Å²) in [5.74, 6) is 0. The summed E-state index contributed by atoms with van der Waals surface area (Å²) in [7, 11) is -10.3. The molecule has 0 fully saturated rings. The summed E-state index contributed by atoms with van der Waals surface area (Å²) >= 11 is 0. The smallest absolute Gasteiger partial charge is 0.759 e. The van der Waals surface area contributed by atoms with Crippen molar-refractivity contribution in [2.75, 3.05) is 0 Å². The summed E-state index contributed by atoms with van der Waals surface area (Å²) < 4.78 is 68.2. The zero-order chi connectivity index (χ0) is 12.6. The van der Waals surface area contributed by atoms with Crippen LogP contribution in [0.3, 0.4) is 0 Å². The van der Waals surface area contributed by atoms with Crippen molar-refractivity contribution in [2.45, 2.75) is 0 Å². The zero-order valence-electron chi connectivity index (χ0n) is 7.03. The van der Waals surface area contributed by atoms with Gasteiger partial charge in [-0.2, -0.15) is 0 Å². The zero-order valence-corrected chi connectivity index (χ0v) is 12.0. The molecule has 0 bridgehead atoms. The second-order valence-electron chi connectivity index (χ2n) is 1.04. The first-order valence-corrected chi connectivity index (χ1v) is 4.55. The number of hydrogen-bond acceptors (Lipinski definition) is 11. The predicted octanol–water partition coefficient (Wildman–Crippen LogP) is -3.30. The number of hydrogen-bond donors (Lipinski definition) is 0. The van der Waals surface area contributed by atoms with Gasteiger partial charge in [-0.3, -0.25) is 16.8 Å². The van der Waals surface area contributed by atoms with Gasteiger partial charge in [-0.05, 0) is 0 Å². The van der Waals surface area contributed by atoms with E-state index in [0.29, 0.717) is 0 Å². The Bertz CT molecular complexity index is 296. The normalized spacial score (nSPS) is 8.24. The van der Waals surface area contributed by atoms with E-state index in [1.165, 1.54) is 0 Å². The van der Waals surface area contributed by atoms with Crippen molar-refractivity contribution in [3.8, 4) is 0 Å². The third kappa shape index (κ3) is 14700. The molecule has 0 atom stereocenters. The van der Waals surface area contributed by atoms with E-state index in [0.717, 1.165) is 0 Å². The van der Waals surface area contributed by atoms with Gasteiger partial charge in [-0.25, -0.2) is 0 Å². The molecule has 0 spiro atoms. The molecule has 0 amide bonds. The number of rotatable bonds is 0. The van der Waals surface area contributed by atoms with Crippen molar-refractivity contribution in [2.24, 2.45) is 0 Å². The maximum Gasteiger partial charge on any atom is 3.00 e. The number of nitrogens with zero attached hydrogens (tertiary/aromatic N) is 1. The van der Waals surface area contributed by atoms with E-state index < -0.39 is 25.9 Å². The van der Waals surface area contributed by atoms with Gasteiger partial charge in [0.15, 0.2) is 0 Å². The van der Waals surface area contributed by atoms with Crippen LogP contribution in [0, 0.1) is 15.3 Å². The molecule has 0 saturated carbocycles. The summed E-state index contributed by atoms with van der Waals surface area (Å²) in [6.45, 7) is 0. The van der Waals surface area contributed by atoms with Gasteiger partial charge in [0.25, 0.3) is 0 Å². The molecule has 0 aromatic rings. The fourth-order valence-corrected chi connectivity index (χ4v) is 0. The molecule has 0 saturated heterocycles. The van der Waals surface area contributed by atoms with E-state index >= 15 is 0 Å². The molecule has 0 aliphatic heterocycles. The first kappa shape index (κ1) is 36.0. The van der Waals surface area contributed by atoms with Crippen LogP contribution >= 0.6 is 0 Å². The average Bonchev–Trinajstić information content (AvgIpc) is 1.45. The molecule has 0 aromatic carbocycles. The second-order valence-corrected chi connectivity index (χ2v) is 2.67. The van der Waals surface area contributed by atoms with Gasteiger partial charge in [0.2, 0.25) is 0 Å². The second kappa shape index (κ2) is 16.5. The summed E-state index contributed by atoms with van der Waals surface area (Å²) in [4.78, 5) is 8.25. The minimum Gasteiger partial charge on any atom is -0.759 e. The summed E-state index contributed by atoms with van der Waals surface area (Å²) in [6, 6.07) is 0. The van der Waals surface area contributed by atoms with Crippen LogP contribution in [0.15, 0.2) is 0 Å². The van der Waals surface area contributed by atoms with Gasteiger partial charge in [0, 0.05) is 20.8 Å². The first-order chi connectivity index (χ1) is 5.73.